The summed E-state index contributed by atoms with van der Waals surface area (Å²) in [7, 11) is 0. The van der Waals surface area contributed by atoms with Gasteiger partial charge in [0, 0.05) is 11.6 Å². The molecule has 8 heteroatoms. The van der Waals surface area contributed by atoms with Crippen LogP contribution in [-0.2, 0) is 16.1 Å². The van der Waals surface area contributed by atoms with Crippen LogP contribution in [0.1, 0.15) is 5.56 Å². The number of benzene rings is 3. The number of hydrogen-bond donors (Lipinski definition) is 1. The molecule has 1 fully saturated rings. The Bertz CT molecular complexity index is 1250. The van der Waals surface area contributed by atoms with Gasteiger partial charge in [-0.1, -0.05) is 42.5 Å². The van der Waals surface area contributed by atoms with E-state index in [1.807, 2.05) is 36.4 Å². The fraction of sp³-hybridized carbons (Fsp3) is 0.130. The Kier molecular flexibility index (Phi) is 4.59. The van der Waals surface area contributed by atoms with Gasteiger partial charge in [-0.2, -0.15) is 0 Å². The molecule has 0 aliphatic carbocycles. The van der Waals surface area contributed by atoms with Gasteiger partial charge in [0.05, 0.1) is 12.2 Å². The van der Waals surface area contributed by atoms with Crippen molar-refractivity contribution in [2.75, 3.05) is 11.7 Å². The Morgan fingerprint density at radius 2 is 1.81 bits per heavy atom. The van der Waals surface area contributed by atoms with Crippen LogP contribution in [0.5, 0.6) is 11.5 Å². The summed E-state index contributed by atoms with van der Waals surface area (Å²) in [6.45, 7) is 0.423. The number of ether oxygens (including phenoxy) is 2. The quantitative estimate of drug-likeness (QED) is 0.522. The number of nitrogens with zero attached hydrogens (tertiary/aromatic N) is 2. The zero-order valence-electron chi connectivity index (χ0n) is 16.3. The van der Waals surface area contributed by atoms with E-state index in [1.54, 1.807) is 24.3 Å². The minimum atomic E-state index is -1.20. The van der Waals surface area contributed by atoms with Crippen molar-refractivity contribution in [1.29, 1.82) is 0 Å². The molecular weight excluding hydrogens is 398 g/mol. The van der Waals surface area contributed by atoms with Crippen molar-refractivity contribution in [2.24, 2.45) is 10.9 Å². The second-order valence-electron chi connectivity index (χ2n) is 7.12. The fourth-order valence-corrected chi connectivity index (χ4v) is 3.66. The van der Waals surface area contributed by atoms with E-state index in [9.17, 15) is 14.4 Å². The number of imide groups is 2. The Morgan fingerprint density at radius 1 is 1.00 bits per heavy atom. The van der Waals surface area contributed by atoms with E-state index in [0.29, 0.717) is 17.2 Å². The molecule has 0 radical (unpaired) electrons. The number of barbiturate groups is 1. The number of fused-ring (bicyclic) bond motifs is 2. The van der Waals surface area contributed by atoms with Crippen molar-refractivity contribution in [2.45, 2.75) is 6.54 Å². The molecule has 0 saturated carbocycles. The maximum atomic E-state index is 13.1. The molecule has 154 valence electrons. The van der Waals surface area contributed by atoms with Gasteiger partial charge in [-0.15, -0.1) is 0 Å². The number of anilines is 1. The van der Waals surface area contributed by atoms with Gasteiger partial charge in [-0.05, 0) is 29.1 Å². The largest absolute Gasteiger partial charge is 0.454 e. The van der Waals surface area contributed by atoms with E-state index in [1.165, 1.54) is 6.21 Å². The first kappa shape index (κ1) is 18.8. The van der Waals surface area contributed by atoms with Crippen molar-refractivity contribution >= 4 is 40.5 Å². The van der Waals surface area contributed by atoms with Crippen LogP contribution in [0.15, 0.2) is 65.7 Å². The van der Waals surface area contributed by atoms with E-state index in [-0.39, 0.29) is 13.3 Å². The molecule has 5 rings (SSSR count). The average Bonchev–Trinajstić information content (AvgIpc) is 3.24. The first-order valence-corrected chi connectivity index (χ1v) is 9.67. The van der Waals surface area contributed by atoms with Crippen LogP contribution in [0.2, 0.25) is 0 Å². The van der Waals surface area contributed by atoms with Crippen LogP contribution in [0.25, 0.3) is 10.8 Å². The Labute approximate surface area is 177 Å². The molecular formula is C23H17N3O5. The lowest BCUT2D eigenvalue weighted by atomic mass is 10.0. The van der Waals surface area contributed by atoms with E-state index in [2.05, 4.69) is 10.3 Å². The summed E-state index contributed by atoms with van der Waals surface area (Å²) in [5.41, 5.74) is 1.26. The second-order valence-corrected chi connectivity index (χ2v) is 7.12. The number of nitrogens with one attached hydrogen (secondary N) is 1. The molecule has 0 aromatic heterocycles. The third kappa shape index (κ3) is 3.38. The lowest BCUT2D eigenvalue weighted by Gasteiger charge is -2.29. The summed E-state index contributed by atoms with van der Waals surface area (Å²) < 4.78 is 10.6. The maximum Gasteiger partial charge on any atom is 0.335 e. The molecule has 0 unspecified atom stereocenters. The predicted molar refractivity (Wildman–Crippen MR) is 113 cm³/mol. The topological polar surface area (TPSA) is 97.3 Å². The molecule has 3 aromatic rings. The lowest BCUT2D eigenvalue weighted by molar-refractivity contribution is -0.131. The van der Waals surface area contributed by atoms with Crippen LogP contribution in [-0.4, -0.2) is 30.9 Å². The van der Waals surface area contributed by atoms with Gasteiger partial charge in [-0.3, -0.25) is 19.9 Å². The van der Waals surface area contributed by atoms with E-state index < -0.39 is 23.8 Å². The highest BCUT2D eigenvalue weighted by atomic mass is 16.7. The minimum Gasteiger partial charge on any atom is -0.454 e. The van der Waals surface area contributed by atoms with Crippen LogP contribution < -0.4 is 19.7 Å². The molecule has 31 heavy (non-hydrogen) atoms. The van der Waals surface area contributed by atoms with E-state index >= 15 is 0 Å². The number of amides is 4. The molecule has 8 nitrogen and oxygen atoms in total. The Hall–Kier alpha value is -4.20. The lowest BCUT2D eigenvalue weighted by Crippen LogP contribution is -2.58. The number of carbonyl (C=O) groups excluding carboxylic acids is 3. The number of urea groups is 1. The number of carbonyl (C=O) groups is 3. The third-order valence-electron chi connectivity index (χ3n) is 5.17. The van der Waals surface area contributed by atoms with Gasteiger partial charge in [0.15, 0.2) is 17.4 Å². The summed E-state index contributed by atoms with van der Waals surface area (Å²) in [5, 5.41) is 3.87. The zero-order valence-corrected chi connectivity index (χ0v) is 16.3. The minimum absolute atomic E-state index is 0.177. The van der Waals surface area contributed by atoms with Gasteiger partial charge in [-0.25, -0.2) is 9.69 Å². The molecule has 1 atom stereocenters. The molecule has 2 heterocycles. The second kappa shape index (κ2) is 7.56. The summed E-state index contributed by atoms with van der Waals surface area (Å²) in [5.74, 6) is -1.24. The molecule has 2 aliphatic heterocycles. The molecule has 1 saturated heterocycles. The van der Waals surface area contributed by atoms with Gasteiger partial charge in [0.1, 0.15) is 0 Å². The molecule has 2 aliphatic rings. The van der Waals surface area contributed by atoms with E-state index in [0.717, 1.165) is 21.2 Å². The molecule has 3 aromatic carbocycles. The van der Waals surface area contributed by atoms with Crippen LogP contribution >= 0.6 is 0 Å². The maximum absolute atomic E-state index is 13.1. The zero-order chi connectivity index (χ0) is 21.4. The SMILES string of the molecule is O=C1NC(=O)N(c2cccc3ccccc23)C(=O)[C@@H]1C=NCc1ccc2c(c1)OCO2. The van der Waals surface area contributed by atoms with Crippen molar-refractivity contribution in [3.63, 3.8) is 0 Å². The first-order chi connectivity index (χ1) is 15.1. The number of rotatable bonds is 4. The predicted octanol–water partition coefficient (Wildman–Crippen LogP) is 3.04. The first-order valence-electron chi connectivity index (χ1n) is 9.67. The van der Waals surface area contributed by atoms with E-state index in [4.69, 9.17) is 9.47 Å². The summed E-state index contributed by atoms with van der Waals surface area (Å²) in [6, 6.07) is 17.4. The molecule has 0 bridgehead atoms. The van der Waals surface area contributed by atoms with Gasteiger partial charge in [0.2, 0.25) is 12.7 Å². The normalized spacial score (nSPS) is 18.1. The number of hydrogen-bond acceptors (Lipinski definition) is 6. The molecule has 4 amide bonds. The summed E-state index contributed by atoms with van der Waals surface area (Å²) >= 11 is 0. The van der Waals surface area contributed by atoms with Crippen molar-refractivity contribution < 1.29 is 23.9 Å². The number of aliphatic imine (C=N–C) groups is 1. The standard InChI is InChI=1S/C23H17N3O5/c27-21-17(12-24-11-14-8-9-19-20(10-14)31-13-30-19)22(28)26(23(29)25-21)18-7-3-5-15-4-1-2-6-16(15)18/h1-10,12,17H,11,13H2,(H,25,27,29)/t17-/m1/s1. The highest BCUT2D eigenvalue weighted by Crippen LogP contribution is 2.33. The monoisotopic (exact) mass is 415 g/mol. The van der Waals surface area contributed by atoms with Gasteiger partial charge < -0.3 is 9.47 Å². The highest BCUT2D eigenvalue weighted by Gasteiger charge is 2.40. The van der Waals surface area contributed by atoms with Crippen molar-refractivity contribution in [1.82, 2.24) is 5.32 Å². The molecule has 1 N–H and O–H groups in total. The van der Waals surface area contributed by atoms with Crippen molar-refractivity contribution in [3.05, 3.63) is 66.2 Å². The fourth-order valence-electron chi connectivity index (χ4n) is 3.66. The van der Waals surface area contributed by atoms with Gasteiger partial charge >= 0.3 is 6.03 Å². The Balaban J connectivity index is 1.40. The van der Waals surface area contributed by atoms with Crippen LogP contribution in [0, 0.1) is 5.92 Å². The smallest absolute Gasteiger partial charge is 0.335 e. The van der Waals surface area contributed by atoms with Gasteiger partial charge in [0.25, 0.3) is 5.91 Å². The van der Waals surface area contributed by atoms with Crippen molar-refractivity contribution in [3.8, 4) is 11.5 Å². The molecule has 0 spiro atoms. The van der Waals surface area contributed by atoms with Crippen LogP contribution in [0.4, 0.5) is 10.5 Å². The third-order valence-corrected chi connectivity index (χ3v) is 5.17. The van der Waals surface area contributed by atoms with Crippen LogP contribution in [0.3, 0.4) is 0 Å². The highest BCUT2D eigenvalue weighted by molar-refractivity contribution is 6.33. The average molecular weight is 415 g/mol. The Morgan fingerprint density at radius 3 is 2.71 bits per heavy atom. The summed E-state index contributed by atoms with van der Waals surface area (Å²) in [6.07, 6.45) is 1.28. The summed E-state index contributed by atoms with van der Waals surface area (Å²) in [4.78, 5) is 43.2.